The number of nitrogens with zero attached hydrogens (tertiary/aromatic N) is 1. The molecule has 1 aromatic carbocycles. The smallest absolute Gasteiger partial charge is 0.124 e. The summed E-state index contributed by atoms with van der Waals surface area (Å²) in [7, 11) is 0. The summed E-state index contributed by atoms with van der Waals surface area (Å²) in [6, 6.07) is 5.68. The standard InChI is InChI=1S/C13H18BrNO3/c14-12-1-2-13(11(9-12)10-16)18-8-5-15-3-6-17-7-4-15/h1-2,9,16H,3-8,10H2. The summed E-state index contributed by atoms with van der Waals surface area (Å²) in [4.78, 5) is 2.32. The van der Waals surface area contributed by atoms with Gasteiger partial charge in [0.2, 0.25) is 0 Å². The molecule has 1 saturated heterocycles. The summed E-state index contributed by atoms with van der Waals surface area (Å²) < 4.78 is 12.0. The monoisotopic (exact) mass is 315 g/mol. The Morgan fingerprint density at radius 2 is 2.11 bits per heavy atom. The fourth-order valence-corrected chi connectivity index (χ4v) is 2.33. The van der Waals surface area contributed by atoms with Crippen LogP contribution in [0.4, 0.5) is 0 Å². The minimum absolute atomic E-state index is 0.00761. The number of aliphatic hydroxyl groups is 1. The van der Waals surface area contributed by atoms with Gasteiger partial charge in [0.05, 0.1) is 19.8 Å². The molecular formula is C13H18BrNO3. The molecule has 0 aromatic heterocycles. The molecule has 18 heavy (non-hydrogen) atoms. The first kappa shape index (κ1) is 13.8. The summed E-state index contributed by atoms with van der Waals surface area (Å²) >= 11 is 3.38. The lowest BCUT2D eigenvalue weighted by molar-refractivity contribution is 0.0321. The van der Waals surface area contributed by atoms with E-state index >= 15 is 0 Å². The van der Waals surface area contributed by atoms with E-state index in [9.17, 15) is 5.11 Å². The van der Waals surface area contributed by atoms with Crippen LogP contribution in [-0.4, -0.2) is 49.5 Å². The van der Waals surface area contributed by atoms with Crippen molar-refractivity contribution < 1.29 is 14.6 Å². The number of hydrogen-bond acceptors (Lipinski definition) is 4. The van der Waals surface area contributed by atoms with Gasteiger partial charge in [-0.05, 0) is 18.2 Å². The average molecular weight is 316 g/mol. The molecular weight excluding hydrogens is 298 g/mol. The van der Waals surface area contributed by atoms with Gasteiger partial charge >= 0.3 is 0 Å². The van der Waals surface area contributed by atoms with Crippen molar-refractivity contribution in [2.75, 3.05) is 39.5 Å². The van der Waals surface area contributed by atoms with Crippen molar-refractivity contribution in [1.29, 1.82) is 0 Å². The highest BCUT2D eigenvalue weighted by molar-refractivity contribution is 9.10. The molecule has 1 heterocycles. The van der Waals surface area contributed by atoms with E-state index in [0.717, 1.165) is 48.6 Å². The van der Waals surface area contributed by atoms with E-state index in [1.807, 2.05) is 18.2 Å². The highest BCUT2D eigenvalue weighted by Crippen LogP contribution is 2.23. The van der Waals surface area contributed by atoms with E-state index in [0.29, 0.717) is 6.61 Å². The first-order valence-corrected chi connectivity index (χ1v) is 6.91. The molecule has 4 nitrogen and oxygen atoms in total. The zero-order chi connectivity index (χ0) is 12.8. The second-order valence-corrected chi connectivity index (χ2v) is 5.13. The Kier molecular flexibility index (Phi) is 5.44. The minimum Gasteiger partial charge on any atom is -0.492 e. The van der Waals surface area contributed by atoms with Crippen LogP contribution < -0.4 is 4.74 Å². The summed E-state index contributed by atoms with van der Waals surface area (Å²) in [6.07, 6.45) is 0. The van der Waals surface area contributed by atoms with Crippen molar-refractivity contribution in [3.05, 3.63) is 28.2 Å². The maximum atomic E-state index is 9.26. The quantitative estimate of drug-likeness (QED) is 0.897. The lowest BCUT2D eigenvalue weighted by Gasteiger charge is -2.26. The van der Waals surface area contributed by atoms with E-state index in [1.165, 1.54) is 0 Å². The van der Waals surface area contributed by atoms with Gasteiger partial charge in [-0.1, -0.05) is 15.9 Å². The van der Waals surface area contributed by atoms with Crippen LogP contribution in [0.15, 0.2) is 22.7 Å². The molecule has 1 aliphatic rings. The SMILES string of the molecule is OCc1cc(Br)ccc1OCCN1CCOCC1. The maximum Gasteiger partial charge on any atom is 0.124 e. The Balaban J connectivity index is 1.82. The topological polar surface area (TPSA) is 41.9 Å². The third-order valence-corrected chi connectivity index (χ3v) is 3.45. The summed E-state index contributed by atoms with van der Waals surface area (Å²) in [5.74, 6) is 0.758. The average Bonchev–Trinajstić information content (AvgIpc) is 2.41. The molecule has 100 valence electrons. The van der Waals surface area contributed by atoms with Crippen molar-refractivity contribution in [3.8, 4) is 5.75 Å². The van der Waals surface area contributed by atoms with Crippen molar-refractivity contribution in [3.63, 3.8) is 0 Å². The molecule has 0 unspecified atom stereocenters. The second-order valence-electron chi connectivity index (χ2n) is 4.21. The Hall–Kier alpha value is -0.620. The molecule has 0 radical (unpaired) electrons. The highest BCUT2D eigenvalue weighted by atomic mass is 79.9. The van der Waals surface area contributed by atoms with E-state index in [2.05, 4.69) is 20.8 Å². The lowest BCUT2D eigenvalue weighted by atomic mass is 10.2. The number of hydrogen-bond donors (Lipinski definition) is 1. The fraction of sp³-hybridized carbons (Fsp3) is 0.538. The third-order valence-electron chi connectivity index (χ3n) is 2.96. The van der Waals surface area contributed by atoms with E-state index < -0.39 is 0 Å². The number of aliphatic hydroxyl groups excluding tert-OH is 1. The molecule has 1 aliphatic heterocycles. The Morgan fingerprint density at radius 1 is 1.33 bits per heavy atom. The highest BCUT2D eigenvalue weighted by Gasteiger charge is 2.10. The van der Waals surface area contributed by atoms with Gasteiger partial charge in [0.1, 0.15) is 12.4 Å². The van der Waals surface area contributed by atoms with Crippen LogP contribution in [0.5, 0.6) is 5.75 Å². The number of ether oxygens (including phenoxy) is 2. The Labute approximate surface area is 116 Å². The van der Waals surface area contributed by atoms with Gasteiger partial charge in [-0.2, -0.15) is 0 Å². The van der Waals surface area contributed by atoms with Crippen LogP contribution in [-0.2, 0) is 11.3 Å². The van der Waals surface area contributed by atoms with Gasteiger partial charge in [-0.25, -0.2) is 0 Å². The van der Waals surface area contributed by atoms with Gasteiger partial charge in [-0.3, -0.25) is 4.90 Å². The van der Waals surface area contributed by atoms with Crippen molar-refractivity contribution in [2.45, 2.75) is 6.61 Å². The fourth-order valence-electron chi connectivity index (χ4n) is 1.92. The lowest BCUT2D eigenvalue weighted by Crippen LogP contribution is -2.38. The predicted molar refractivity (Wildman–Crippen MR) is 72.8 cm³/mol. The summed E-state index contributed by atoms with van der Waals surface area (Å²) in [5, 5.41) is 9.26. The molecule has 1 aromatic rings. The first-order chi connectivity index (χ1) is 8.79. The molecule has 0 aliphatic carbocycles. The summed E-state index contributed by atoms with van der Waals surface area (Å²) in [6.45, 7) is 5.07. The molecule has 1 fully saturated rings. The van der Waals surface area contributed by atoms with E-state index in [4.69, 9.17) is 9.47 Å². The van der Waals surface area contributed by atoms with Crippen molar-refractivity contribution in [2.24, 2.45) is 0 Å². The molecule has 2 rings (SSSR count). The molecule has 1 N–H and O–H groups in total. The molecule has 0 atom stereocenters. The third kappa shape index (κ3) is 3.95. The number of morpholine rings is 1. The van der Waals surface area contributed by atoms with Gasteiger partial charge in [0.25, 0.3) is 0 Å². The van der Waals surface area contributed by atoms with Crippen molar-refractivity contribution >= 4 is 15.9 Å². The molecule has 0 bridgehead atoms. The van der Waals surface area contributed by atoms with Crippen LogP contribution in [0, 0.1) is 0 Å². The molecule has 5 heteroatoms. The zero-order valence-corrected chi connectivity index (χ0v) is 11.9. The number of rotatable bonds is 5. The normalized spacial score (nSPS) is 16.8. The van der Waals surface area contributed by atoms with Crippen LogP contribution in [0.2, 0.25) is 0 Å². The van der Waals surface area contributed by atoms with Crippen LogP contribution >= 0.6 is 15.9 Å². The van der Waals surface area contributed by atoms with Crippen LogP contribution in [0.3, 0.4) is 0 Å². The van der Waals surface area contributed by atoms with Gasteiger partial charge in [0.15, 0.2) is 0 Å². The Morgan fingerprint density at radius 3 is 2.83 bits per heavy atom. The van der Waals surface area contributed by atoms with Gasteiger partial charge in [-0.15, -0.1) is 0 Å². The zero-order valence-electron chi connectivity index (χ0n) is 10.3. The number of halogens is 1. The van der Waals surface area contributed by atoms with Crippen molar-refractivity contribution in [1.82, 2.24) is 4.90 Å². The van der Waals surface area contributed by atoms with Crippen LogP contribution in [0.25, 0.3) is 0 Å². The largest absolute Gasteiger partial charge is 0.492 e. The van der Waals surface area contributed by atoms with E-state index in [1.54, 1.807) is 0 Å². The molecule has 0 amide bonds. The van der Waals surface area contributed by atoms with E-state index in [-0.39, 0.29) is 6.61 Å². The second kappa shape index (κ2) is 7.09. The van der Waals surface area contributed by atoms with Gasteiger partial charge in [0, 0.05) is 29.7 Å². The minimum atomic E-state index is -0.00761. The maximum absolute atomic E-state index is 9.26. The molecule has 0 spiro atoms. The molecule has 0 saturated carbocycles. The van der Waals surface area contributed by atoms with Crippen LogP contribution in [0.1, 0.15) is 5.56 Å². The Bertz CT molecular complexity index is 380. The summed E-state index contributed by atoms with van der Waals surface area (Å²) in [5.41, 5.74) is 0.811. The number of benzene rings is 1. The predicted octanol–water partition coefficient (Wildman–Crippen LogP) is 1.65. The van der Waals surface area contributed by atoms with Gasteiger partial charge < -0.3 is 14.6 Å². The first-order valence-electron chi connectivity index (χ1n) is 6.12.